The van der Waals surface area contributed by atoms with Crippen LogP contribution in [0.25, 0.3) is 0 Å². The number of nitrogens with zero attached hydrogens (tertiary/aromatic N) is 1. The van der Waals surface area contributed by atoms with Crippen molar-refractivity contribution in [1.82, 2.24) is 0 Å². The van der Waals surface area contributed by atoms with Crippen molar-refractivity contribution >= 4 is 11.7 Å². The van der Waals surface area contributed by atoms with Gasteiger partial charge in [-0.3, -0.25) is 0 Å². The van der Waals surface area contributed by atoms with Gasteiger partial charge in [-0.1, -0.05) is 19.8 Å². The van der Waals surface area contributed by atoms with E-state index in [0.717, 1.165) is 36.8 Å². The van der Waals surface area contributed by atoms with Gasteiger partial charge in [0.25, 0.3) is 0 Å². The van der Waals surface area contributed by atoms with Gasteiger partial charge in [0.2, 0.25) is 0 Å². The molecule has 1 aromatic rings. The van der Waals surface area contributed by atoms with E-state index in [2.05, 4.69) is 13.0 Å². The molecule has 1 aromatic carbocycles. The summed E-state index contributed by atoms with van der Waals surface area (Å²) in [6, 6.07) is 3.45. The monoisotopic (exact) mass is 246 g/mol. The number of nitrogens with two attached hydrogens (primary N) is 1. The highest BCUT2D eigenvalue weighted by Crippen LogP contribution is 2.26. The van der Waals surface area contributed by atoms with Crippen LogP contribution in [0.3, 0.4) is 0 Å². The third kappa shape index (κ3) is 2.80. The molecule has 0 aliphatic heterocycles. The molecule has 0 radical (unpaired) electrons. The van der Waals surface area contributed by atoms with Crippen LogP contribution in [0.15, 0.2) is 6.07 Å². The Morgan fingerprint density at radius 1 is 1.50 bits per heavy atom. The zero-order valence-electron chi connectivity index (χ0n) is 10.8. The van der Waals surface area contributed by atoms with Gasteiger partial charge in [-0.05, 0) is 37.0 Å². The molecule has 4 heteroatoms. The van der Waals surface area contributed by atoms with Crippen molar-refractivity contribution in [2.24, 2.45) is 0 Å². The van der Waals surface area contributed by atoms with E-state index in [1.54, 1.807) is 6.92 Å². The van der Waals surface area contributed by atoms with Crippen molar-refractivity contribution in [1.29, 1.82) is 5.26 Å². The maximum atomic E-state index is 11.0. The normalized spacial score (nSPS) is 10.1. The summed E-state index contributed by atoms with van der Waals surface area (Å²) >= 11 is 0. The summed E-state index contributed by atoms with van der Waals surface area (Å²) < 4.78 is 0. The molecule has 1 rings (SSSR count). The number of nitriles is 1. The van der Waals surface area contributed by atoms with Gasteiger partial charge in [-0.15, -0.1) is 0 Å². The van der Waals surface area contributed by atoms with Gasteiger partial charge in [0.1, 0.15) is 0 Å². The molecule has 0 saturated carbocycles. The largest absolute Gasteiger partial charge is 0.478 e. The Bertz CT molecular complexity index is 501. The lowest BCUT2D eigenvalue weighted by Gasteiger charge is -2.13. The van der Waals surface area contributed by atoms with Crippen LogP contribution in [-0.2, 0) is 6.42 Å². The number of aromatic carboxylic acids is 1. The molecule has 0 atom stereocenters. The third-order valence-electron chi connectivity index (χ3n) is 3.14. The van der Waals surface area contributed by atoms with Gasteiger partial charge in [0.15, 0.2) is 0 Å². The maximum absolute atomic E-state index is 11.0. The number of benzene rings is 1. The van der Waals surface area contributed by atoms with E-state index in [1.807, 2.05) is 0 Å². The number of carboxylic acid groups (broad SMARTS) is 1. The lowest BCUT2D eigenvalue weighted by atomic mass is 9.93. The van der Waals surface area contributed by atoms with E-state index in [4.69, 9.17) is 16.1 Å². The van der Waals surface area contributed by atoms with Crippen molar-refractivity contribution < 1.29 is 9.90 Å². The first kappa shape index (κ1) is 14.0. The number of unbranched alkanes of at least 4 members (excludes halogenated alkanes) is 2. The topological polar surface area (TPSA) is 87.1 Å². The third-order valence-corrected chi connectivity index (χ3v) is 3.14. The standard InChI is InChI=1S/C14H18N2O2/c1-3-4-5-6-11-9(2)13(16)12(14(17)18)7-10(11)8-15/h7H,3-6,16H2,1-2H3,(H,17,18). The van der Waals surface area contributed by atoms with Gasteiger partial charge in [0.05, 0.1) is 17.2 Å². The highest BCUT2D eigenvalue weighted by molar-refractivity contribution is 5.95. The summed E-state index contributed by atoms with van der Waals surface area (Å²) in [6.45, 7) is 3.89. The zero-order valence-corrected chi connectivity index (χ0v) is 10.8. The first-order chi connectivity index (χ1) is 8.52. The molecule has 0 saturated heterocycles. The summed E-state index contributed by atoms with van der Waals surface area (Å²) in [6.07, 6.45) is 3.94. The SMILES string of the molecule is CCCCCc1c(C#N)cc(C(=O)O)c(N)c1C. The van der Waals surface area contributed by atoms with Crippen molar-refractivity contribution in [3.8, 4) is 6.07 Å². The summed E-state index contributed by atoms with van der Waals surface area (Å²) in [5, 5.41) is 18.1. The Hall–Kier alpha value is -2.02. The molecule has 0 aromatic heterocycles. The fourth-order valence-electron chi connectivity index (χ4n) is 2.03. The van der Waals surface area contributed by atoms with Crippen molar-refractivity contribution in [2.45, 2.75) is 39.5 Å². The molecule has 0 bridgehead atoms. The average Bonchev–Trinajstić information content (AvgIpc) is 2.34. The molecule has 4 nitrogen and oxygen atoms in total. The number of carbonyl (C=O) groups is 1. The Labute approximate surface area is 107 Å². The van der Waals surface area contributed by atoms with Crippen LogP contribution in [0.2, 0.25) is 0 Å². The number of nitrogen functional groups attached to an aromatic ring is 1. The molecule has 18 heavy (non-hydrogen) atoms. The van der Waals surface area contributed by atoms with Crippen LogP contribution in [0.4, 0.5) is 5.69 Å². The van der Waals surface area contributed by atoms with E-state index in [1.165, 1.54) is 6.07 Å². The smallest absolute Gasteiger partial charge is 0.337 e. The fraction of sp³-hybridized carbons (Fsp3) is 0.429. The lowest BCUT2D eigenvalue weighted by Crippen LogP contribution is -2.08. The second-order valence-electron chi connectivity index (χ2n) is 4.36. The first-order valence-electron chi connectivity index (χ1n) is 6.08. The van der Waals surface area contributed by atoms with Gasteiger partial charge in [0, 0.05) is 5.69 Å². The van der Waals surface area contributed by atoms with Crippen molar-refractivity contribution in [3.05, 3.63) is 28.3 Å². The van der Waals surface area contributed by atoms with E-state index in [-0.39, 0.29) is 11.3 Å². The van der Waals surface area contributed by atoms with Gasteiger partial charge >= 0.3 is 5.97 Å². The summed E-state index contributed by atoms with van der Waals surface area (Å²) in [5.41, 5.74) is 8.14. The molecule has 3 N–H and O–H groups in total. The molecule has 0 aliphatic rings. The molecule has 0 fully saturated rings. The first-order valence-corrected chi connectivity index (χ1v) is 6.08. The number of hydrogen-bond donors (Lipinski definition) is 2. The fourth-order valence-corrected chi connectivity index (χ4v) is 2.03. The molecule has 0 aliphatic carbocycles. The molecule has 0 unspecified atom stereocenters. The lowest BCUT2D eigenvalue weighted by molar-refractivity contribution is 0.0698. The van der Waals surface area contributed by atoms with E-state index in [9.17, 15) is 4.79 Å². The van der Waals surface area contributed by atoms with Crippen LogP contribution in [0.1, 0.15) is 53.2 Å². The van der Waals surface area contributed by atoms with Crippen LogP contribution >= 0.6 is 0 Å². The highest BCUT2D eigenvalue weighted by atomic mass is 16.4. The van der Waals surface area contributed by atoms with Crippen LogP contribution in [-0.4, -0.2) is 11.1 Å². The number of anilines is 1. The predicted molar refractivity (Wildman–Crippen MR) is 70.5 cm³/mol. The molecule has 0 spiro atoms. The molecule has 0 amide bonds. The van der Waals surface area contributed by atoms with Gasteiger partial charge < -0.3 is 10.8 Å². The summed E-state index contributed by atoms with van der Waals surface area (Å²) in [7, 11) is 0. The Balaban J connectivity index is 3.22. The minimum absolute atomic E-state index is 0.0169. The maximum Gasteiger partial charge on any atom is 0.337 e. The summed E-state index contributed by atoms with van der Waals surface area (Å²) in [5.74, 6) is -1.09. The van der Waals surface area contributed by atoms with Crippen LogP contribution < -0.4 is 5.73 Å². The Kier molecular flexibility index (Phi) is 4.73. The van der Waals surface area contributed by atoms with Crippen LogP contribution in [0, 0.1) is 18.3 Å². The quantitative estimate of drug-likeness (QED) is 0.617. The zero-order chi connectivity index (χ0) is 13.7. The van der Waals surface area contributed by atoms with E-state index < -0.39 is 5.97 Å². The molecular formula is C14H18N2O2. The minimum Gasteiger partial charge on any atom is -0.478 e. The molecular weight excluding hydrogens is 228 g/mol. The van der Waals surface area contributed by atoms with Crippen molar-refractivity contribution in [2.75, 3.05) is 5.73 Å². The second-order valence-corrected chi connectivity index (χ2v) is 4.36. The number of hydrogen-bond acceptors (Lipinski definition) is 3. The molecule has 0 heterocycles. The average molecular weight is 246 g/mol. The Morgan fingerprint density at radius 2 is 2.17 bits per heavy atom. The Morgan fingerprint density at radius 3 is 2.67 bits per heavy atom. The van der Waals surface area contributed by atoms with E-state index >= 15 is 0 Å². The highest BCUT2D eigenvalue weighted by Gasteiger charge is 2.16. The van der Waals surface area contributed by atoms with Gasteiger partial charge in [-0.25, -0.2) is 4.79 Å². The van der Waals surface area contributed by atoms with Crippen LogP contribution in [0.5, 0.6) is 0 Å². The second kappa shape index (κ2) is 6.06. The number of carboxylic acids is 1. The van der Waals surface area contributed by atoms with E-state index in [0.29, 0.717) is 5.56 Å². The van der Waals surface area contributed by atoms with Crippen molar-refractivity contribution in [3.63, 3.8) is 0 Å². The minimum atomic E-state index is -1.09. The molecule has 96 valence electrons. The predicted octanol–water partition coefficient (Wildman–Crippen LogP) is 2.88. The number of rotatable bonds is 5. The van der Waals surface area contributed by atoms with Gasteiger partial charge in [-0.2, -0.15) is 5.26 Å². The summed E-state index contributed by atoms with van der Waals surface area (Å²) in [4.78, 5) is 11.0.